The summed E-state index contributed by atoms with van der Waals surface area (Å²) in [6.07, 6.45) is 1.69. The number of benzene rings is 1. The minimum atomic E-state index is -1.09. The third-order valence-corrected chi connectivity index (χ3v) is 5.19. The van der Waals surface area contributed by atoms with Crippen molar-refractivity contribution in [3.63, 3.8) is 0 Å². The number of allylic oxidation sites excluding steroid dienone is 1. The maximum atomic E-state index is 14.2. The standard InChI is InChI=1S/C18H19BFN3O2S/c1-4-25-17(24)14-11(3)22-15(16-21-8-9-26-16)23-18(14,19)12-6-5-7-13(20)10(12)2/h5-9H,4,19H2,1-3H3,(H,22,23). The van der Waals surface area contributed by atoms with Crippen LogP contribution in [0.4, 0.5) is 4.39 Å². The van der Waals surface area contributed by atoms with Gasteiger partial charge in [0.05, 0.1) is 17.6 Å². The Bertz CT molecular complexity index is 911. The molecule has 1 aliphatic heterocycles. The molecule has 134 valence electrons. The van der Waals surface area contributed by atoms with Gasteiger partial charge in [-0.3, -0.25) is 4.99 Å². The first-order valence-electron chi connectivity index (χ1n) is 8.29. The summed E-state index contributed by atoms with van der Waals surface area (Å²) in [6, 6.07) is 4.82. The molecule has 1 atom stereocenters. The van der Waals surface area contributed by atoms with E-state index in [-0.39, 0.29) is 12.4 Å². The van der Waals surface area contributed by atoms with E-state index in [2.05, 4.69) is 10.3 Å². The molecule has 0 radical (unpaired) electrons. The molecule has 0 bridgehead atoms. The van der Waals surface area contributed by atoms with Crippen LogP contribution < -0.4 is 5.32 Å². The van der Waals surface area contributed by atoms with Crippen LogP contribution >= 0.6 is 11.3 Å². The number of aliphatic imine (C=N–C) groups is 1. The summed E-state index contributed by atoms with van der Waals surface area (Å²) in [5, 5.41) is 5.70. The van der Waals surface area contributed by atoms with Gasteiger partial charge in [-0.05, 0) is 38.0 Å². The van der Waals surface area contributed by atoms with Crippen molar-refractivity contribution in [2.24, 2.45) is 4.99 Å². The number of carbonyl (C=O) groups excluding carboxylic acids is 1. The number of aromatic nitrogens is 1. The van der Waals surface area contributed by atoms with Crippen LogP contribution in [0.15, 0.2) is 46.0 Å². The number of thiazole rings is 1. The molecule has 0 aliphatic carbocycles. The Morgan fingerprint density at radius 1 is 1.42 bits per heavy atom. The predicted octanol–water partition coefficient (Wildman–Crippen LogP) is 2.26. The molecule has 1 aromatic heterocycles. The van der Waals surface area contributed by atoms with Gasteiger partial charge in [0.1, 0.15) is 13.7 Å². The van der Waals surface area contributed by atoms with E-state index in [9.17, 15) is 9.18 Å². The lowest BCUT2D eigenvalue weighted by Crippen LogP contribution is -2.43. The van der Waals surface area contributed by atoms with E-state index < -0.39 is 11.4 Å². The molecule has 3 rings (SSSR count). The van der Waals surface area contributed by atoms with Crippen molar-refractivity contribution < 1.29 is 13.9 Å². The van der Waals surface area contributed by atoms with Crippen molar-refractivity contribution in [2.45, 2.75) is 26.2 Å². The van der Waals surface area contributed by atoms with E-state index in [0.717, 1.165) is 0 Å². The van der Waals surface area contributed by atoms with Gasteiger partial charge in [0.15, 0.2) is 10.8 Å². The van der Waals surface area contributed by atoms with Crippen LogP contribution in [0.5, 0.6) is 0 Å². The highest BCUT2D eigenvalue weighted by molar-refractivity contribution is 7.11. The second-order valence-corrected chi connectivity index (χ2v) is 7.02. The van der Waals surface area contributed by atoms with Gasteiger partial charge in [-0.15, -0.1) is 11.3 Å². The van der Waals surface area contributed by atoms with Crippen LogP contribution in [-0.4, -0.2) is 31.2 Å². The molecule has 26 heavy (non-hydrogen) atoms. The highest BCUT2D eigenvalue weighted by Crippen LogP contribution is 2.38. The molecule has 5 nitrogen and oxygen atoms in total. The number of nitrogens with one attached hydrogen (secondary N) is 1. The van der Waals surface area contributed by atoms with Crippen molar-refractivity contribution in [1.82, 2.24) is 10.3 Å². The van der Waals surface area contributed by atoms with E-state index in [4.69, 9.17) is 9.73 Å². The van der Waals surface area contributed by atoms with Crippen LogP contribution in [0, 0.1) is 12.7 Å². The zero-order valence-electron chi connectivity index (χ0n) is 15.1. The minimum absolute atomic E-state index is 0.247. The Balaban J connectivity index is 2.23. The third-order valence-electron chi connectivity index (χ3n) is 4.41. The zero-order chi connectivity index (χ0) is 18.9. The Kier molecular flexibility index (Phi) is 4.95. The first-order chi connectivity index (χ1) is 12.4. The maximum absolute atomic E-state index is 14.2. The fourth-order valence-electron chi connectivity index (χ4n) is 3.24. The lowest BCUT2D eigenvalue weighted by atomic mass is 9.65. The maximum Gasteiger partial charge on any atom is 0.337 e. The SMILES string of the molecule is BC1(c2cccc(F)c2C)N=C(c2nccs2)NC(C)=C1C(=O)OCC. The molecule has 1 N–H and O–H groups in total. The van der Waals surface area contributed by atoms with Gasteiger partial charge in [-0.1, -0.05) is 12.1 Å². The Morgan fingerprint density at radius 3 is 2.85 bits per heavy atom. The molecule has 8 heteroatoms. The number of hydrogen-bond donors (Lipinski definition) is 1. The van der Waals surface area contributed by atoms with Crippen LogP contribution in [0.25, 0.3) is 0 Å². The number of ether oxygens (including phenoxy) is 1. The zero-order valence-corrected chi connectivity index (χ0v) is 15.9. The van der Waals surface area contributed by atoms with Crippen molar-refractivity contribution in [2.75, 3.05) is 6.61 Å². The Morgan fingerprint density at radius 2 is 2.19 bits per heavy atom. The van der Waals surface area contributed by atoms with Gasteiger partial charge in [-0.2, -0.15) is 0 Å². The second kappa shape index (κ2) is 7.03. The first-order valence-corrected chi connectivity index (χ1v) is 9.17. The summed E-state index contributed by atoms with van der Waals surface area (Å²) >= 11 is 1.44. The molecule has 1 unspecified atom stereocenters. The smallest absolute Gasteiger partial charge is 0.337 e. The van der Waals surface area contributed by atoms with Crippen LogP contribution in [-0.2, 0) is 15.0 Å². The second-order valence-electron chi connectivity index (χ2n) is 6.13. The topological polar surface area (TPSA) is 63.6 Å². The van der Waals surface area contributed by atoms with Gasteiger partial charge in [0.2, 0.25) is 0 Å². The van der Waals surface area contributed by atoms with Gasteiger partial charge in [0.25, 0.3) is 0 Å². The average molecular weight is 371 g/mol. The molecule has 0 spiro atoms. The summed E-state index contributed by atoms with van der Waals surface area (Å²) in [5.74, 6) is -0.253. The molecular weight excluding hydrogens is 352 g/mol. The number of rotatable bonds is 4. The monoisotopic (exact) mass is 371 g/mol. The van der Waals surface area contributed by atoms with E-state index >= 15 is 0 Å². The predicted molar refractivity (Wildman–Crippen MR) is 102 cm³/mol. The number of nitrogens with zero attached hydrogens (tertiary/aromatic N) is 2. The summed E-state index contributed by atoms with van der Waals surface area (Å²) in [4.78, 5) is 21.8. The van der Waals surface area contributed by atoms with Crippen molar-refractivity contribution in [1.29, 1.82) is 0 Å². The average Bonchev–Trinajstić information content (AvgIpc) is 3.11. The number of halogens is 1. The van der Waals surface area contributed by atoms with Crippen molar-refractivity contribution in [3.05, 3.63) is 63.0 Å². The molecule has 0 fully saturated rings. The summed E-state index contributed by atoms with van der Waals surface area (Å²) in [6.45, 7) is 5.48. The van der Waals surface area contributed by atoms with Crippen LogP contribution in [0.3, 0.4) is 0 Å². The Labute approximate surface area is 156 Å². The lowest BCUT2D eigenvalue weighted by molar-refractivity contribution is -0.139. The molecule has 0 saturated carbocycles. The van der Waals surface area contributed by atoms with Gasteiger partial charge in [-0.25, -0.2) is 14.2 Å². The normalized spacial score (nSPS) is 19.8. The fourth-order valence-corrected chi connectivity index (χ4v) is 3.82. The van der Waals surface area contributed by atoms with E-state index in [1.807, 2.05) is 5.38 Å². The molecule has 0 saturated heterocycles. The molecule has 2 aromatic rings. The third kappa shape index (κ3) is 3.05. The van der Waals surface area contributed by atoms with Crippen LogP contribution in [0.2, 0.25) is 0 Å². The van der Waals surface area contributed by atoms with Crippen molar-refractivity contribution >= 4 is 31.0 Å². The van der Waals surface area contributed by atoms with Crippen LogP contribution in [0.1, 0.15) is 30.0 Å². The molecular formula is C18H19BFN3O2S. The van der Waals surface area contributed by atoms with Gasteiger partial charge < -0.3 is 10.1 Å². The van der Waals surface area contributed by atoms with Gasteiger partial charge >= 0.3 is 5.97 Å². The largest absolute Gasteiger partial charge is 0.463 e. The molecule has 2 heterocycles. The molecule has 1 aromatic carbocycles. The molecule has 1 aliphatic rings. The number of hydrogen-bond acceptors (Lipinski definition) is 6. The quantitative estimate of drug-likeness (QED) is 0.662. The minimum Gasteiger partial charge on any atom is -0.463 e. The van der Waals surface area contributed by atoms with E-state index in [1.165, 1.54) is 17.4 Å². The lowest BCUT2D eigenvalue weighted by Gasteiger charge is -2.35. The van der Waals surface area contributed by atoms with Gasteiger partial charge in [0, 0.05) is 17.3 Å². The summed E-state index contributed by atoms with van der Waals surface area (Å²) < 4.78 is 19.5. The van der Waals surface area contributed by atoms with Crippen molar-refractivity contribution in [3.8, 4) is 0 Å². The highest BCUT2D eigenvalue weighted by Gasteiger charge is 2.42. The number of esters is 1. The summed E-state index contributed by atoms with van der Waals surface area (Å²) in [5.41, 5.74) is 0.974. The number of amidine groups is 1. The first kappa shape index (κ1) is 18.3. The Hall–Kier alpha value is -2.48. The molecule has 0 amide bonds. The fraction of sp³-hybridized carbons (Fsp3) is 0.278. The van der Waals surface area contributed by atoms with E-state index in [0.29, 0.717) is 33.2 Å². The summed E-state index contributed by atoms with van der Waals surface area (Å²) in [7, 11) is 1.80. The number of carbonyl (C=O) groups is 1. The highest BCUT2D eigenvalue weighted by atomic mass is 32.1. The van der Waals surface area contributed by atoms with E-state index in [1.54, 1.807) is 46.9 Å².